The molecule has 140 valence electrons. The van der Waals surface area contributed by atoms with Crippen molar-refractivity contribution >= 4 is 15.9 Å². The van der Waals surface area contributed by atoms with E-state index in [1.54, 1.807) is 18.7 Å². The fourth-order valence-electron chi connectivity index (χ4n) is 3.06. The number of aromatic nitrogens is 1. The van der Waals surface area contributed by atoms with Crippen molar-refractivity contribution in [3.05, 3.63) is 28.7 Å². The van der Waals surface area contributed by atoms with Gasteiger partial charge in [0.2, 0.25) is 15.9 Å². The molecule has 1 saturated heterocycles. The van der Waals surface area contributed by atoms with Gasteiger partial charge in [0.25, 0.3) is 5.56 Å². The molecule has 0 saturated carbocycles. The molecule has 1 aliphatic heterocycles. The predicted octanol–water partition coefficient (Wildman–Crippen LogP) is 1.28. The second kappa shape index (κ2) is 8.62. The molecule has 7 nitrogen and oxygen atoms in total. The third-order valence-electron chi connectivity index (χ3n) is 4.56. The van der Waals surface area contributed by atoms with E-state index in [2.05, 4.69) is 0 Å². The second-order valence-corrected chi connectivity index (χ2v) is 8.15. The van der Waals surface area contributed by atoms with E-state index < -0.39 is 10.0 Å². The number of sulfonamides is 1. The summed E-state index contributed by atoms with van der Waals surface area (Å²) in [5.74, 6) is -0.138. The zero-order chi connectivity index (χ0) is 18.4. The van der Waals surface area contributed by atoms with E-state index in [0.717, 1.165) is 25.7 Å². The molecule has 0 N–H and O–H groups in total. The molecule has 0 aromatic carbocycles. The maximum atomic E-state index is 12.6. The quantitative estimate of drug-likeness (QED) is 0.757. The molecule has 1 amide bonds. The van der Waals surface area contributed by atoms with E-state index in [0.29, 0.717) is 26.2 Å². The molecular weight excluding hydrogens is 342 g/mol. The van der Waals surface area contributed by atoms with Gasteiger partial charge in [0, 0.05) is 38.4 Å². The van der Waals surface area contributed by atoms with Crippen LogP contribution in [0.25, 0.3) is 0 Å². The summed E-state index contributed by atoms with van der Waals surface area (Å²) in [5, 5.41) is 0. The fraction of sp³-hybridized carbons (Fsp3) is 0.647. The normalized spacial score (nSPS) is 16.0. The Morgan fingerprint density at radius 2 is 1.68 bits per heavy atom. The minimum atomic E-state index is -3.66. The van der Waals surface area contributed by atoms with Gasteiger partial charge in [-0.05, 0) is 18.9 Å². The van der Waals surface area contributed by atoms with Gasteiger partial charge in [-0.2, -0.15) is 4.31 Å². The predicted molar refractivity (Wildman–Crippen MR) is 95.9 cm³/mol. The number of carbonyl (C=O) groups is 1. The molecule has 8 heteroatoms. The summed E-state index contributed by atoms with van der Waals surface area (Å²) >= 11 is 0. The molecule has 0 atom stereocenters. The van der Waals surface area contributed by atoms with Gasteiger partial charge in [0.1, 0.15) is 6.54 Å². The first-order valence-electron chi connectivity index (χ1n) is 8.88. The SMILES string of the molecule is CCN(CC)S(=O)(=O)c1ccc(=O)n(CC(=O)N2CCCCCC2)c1. The van der Waals surface area contributed by atoms with E-state index in [-0.39, 0.29) is 22.9 Å². The molecule has 2 rings (SSSR count). The largest absolute Gasteiger partial charge is 0.341 e. The molecule has 0 radical (unpaired) electrons. The highest BCUT2D eigenvalue weighted by Gasteiger charge is 2.23. The third-order valence-corrected chi connectivity index (χ3v) is 6.60. The van der Waals surface area contributed by atoms with Crippen molar-refractivity contribution in [2.75, 3.05) is 26.2 Å². The zero-order valence-electron chi connectivity index (χ0n) is 15.0. The van der Waals surface area contributed by atoms with E-state index >= 15 is 0 Å². The first-order chi connectivity index (χ1) is 11.9. The molecule has 25 heavy (non-hydrogen) atoms. The Labute approximate surface area is 149 Å². The lowest BCUT2D eigenvalue weighted by Gasteiger charge is -2.21. The number of hydrogen-bond donors (Lipinski definition) is 0. The maximum absolute atomic E-state index is 12.6. The number of pyridine rings is 1. The second-order valence-electron chi connectivity index (χ2n) is 6.22. The maximum Gasteiger partial charge on any atom is 0.251 e. The molecule has 1 aromatic rings. The van der Waals surface area contributed by atoms with Crippen LogP contribution in [0.15, 0.2) is 28.0 Å². The van der Waals surface area contributed by atoms with Crippen LogP contribution in [0.5, 0.6) is 0 Å². The zero-order valence-corrected chi connectivity index (χ0v) is 15.8. The monoisotopic (exact) mass is 369 g/mol. The Bertz CT molecular complexity index is 745. The van der Waals surface area contributed by atoms with E-state index in [1.165, 1.54) is 27.2 Å². The summed E-state index contributed by atoms with van der Waals surface area (Å²) < 4.78 is 27.7. The van der Waals surface area contributed by atoms with Crippen molar-refractivity contribution in [1.29, 1.82) is 0 Å². The van der Waals surface area contributed by atoms with Crippen LogP contribution in [-0.4, -0.2) is 54.3 Å². The molecule has 1 aromatic heterocycles. The average Bonchev–Trinajstić information content (AvgIpc) is 2.87. The van der Waals surface area contributed by atoms with Crippen LogP contribution in [0.3, 0.4) is 0 Å². The number of nitrogens with zero attached hydrogens (tertiary/aromatic N) is 3. The Morgan fingerprint density at radius 3 is 2.24 bits per heavy atom. The Morgan fingerprint density at radius 1 is 1.08 bits per heavy atom. The minimum Gasteiger partial charge on any atom is -0.341 e. The first kappa shape index (κ1) is 19.7. The molecule has 0 unspecified atom stereocenters. The van der Waals surface area contributed by atoms with Crippen molar-refractivity contribution in [2.45, 2.75) is 51.0 Å². The summed E-state index contributed by atoms with van der Waals surface area (Å²) in [5.41, 5.74) is -0.373. The lowest BCUT2D eigenvalue weighted by Crippen LogP contribution is -2.37. The van der Waals surface area contributed by atoms with Gasteiger partial charge in [0.05, 0.1) is 4.90 Å². The van der Waals surface area contributed by atoms with E-state index in [1.807, 2.05) is 0 Å². The van der Waals surface area contributed by atoms with Crippen molar-refractivity contribution < 1.29 is 13.2 Å². The number of hydrogen-bond acceptors (Lipinski definition) is 4. The smallest absolute Gasteiger partial charge is 0.251 e. The van der Waals surface area contributed by atoms with Gasteiger partial charge in [-0.3, -0.25) is 9.59 Å². The highest BCUT2D eigenvalue weighted by molar-refractivity contribution is 7.89. The molecular formula is C17H27N3O4S. The van der Waals surface area contributed by atoms with E-state index in [9.17, 15) is 18.0 Å². The van der Waals surface area contributed by atoms with Crippen molar-refractivity contribution in [3.8, 4) is 0 Å². The van der Waals surface area contributed by atoms with Gasteiger partial charge < -0.3 is 9.47 Å². The van der Waals surface area contributed by atoms with Crippen molar-refractivity contribution in [2.24, 2.45) is 0 Å². The lowest BCUT2D eigenvalue weighted by atomic mass is 10.2. The van der Waals surface area contributed by atoms with Crippen LogP contribution in [0.4, 0.5) is 0 Å². The highest BCUT2D eigenvalue weighted by Crippen LogP contribution is 2.14. The lowest BCUT2D eigenvalue weighted by molar-refractivity contribution is -0.131. The van der Waals surface area contributed by atoms with Gasteiger partial charge in [-0.15, -0.1) is 0 Å². The van der Waals surface area contributed by atoms with Gasteiger partial charge in [-0.25, -0.2) is 8.42 Å². The van der Waals surface area contributed by atoms with Crippen LogP contribution in [-0.2, 0) is 21.4 Å². The highest BCUT2D eigenvalue weighted by atomic mass is 32.2. The summed E-state index contributed by atoms with van der Waals surface area (Å²) in [6.07, 6.45) is 5.45. The van der Waals surface area contributed by atoms with E-state index in [4.69, 9.17) is 0 Å². The summed E-state index contributed by atoms with van der Waals surface area (Å²) in [6, 6.07) is 2.52. The Kier molecular flexibility index (Phi) is 6.78. The van der Waals surface area contributed by atoms with Crippen LogP contribution in [0.1, 0.15) is 39.5 Å². The molecule has 0 spiro atoms. The fourth-order valence-corrected chi connectivity index (χ4v) is 4.54. The minimum absolute atomic E-state index is 0.0412. The van der Waals surface area contributed by atoms with Crippen LogP contribution >= 0.6 is 0 Å². The molecule has 0 bridgehead atoms. The molecule has 0 aliphatic carbocycles. The topological polar surface area (TPSA) is 79.7 Å². The van der Waals surface area contributed by atoms with Crippen molar-refractivity contribution in [3.63, 3.8) is 0 Å². The summed E-state index contributed by atoms with van der Waals surface area (Å²) in [4.78, 5) is 26.4. The number of rotatable bonds is 6. The number of likely N-dealkylation sites (tertiary alicyclic amines) is 1. The van der Waals surface area contributed by atoms with Gasteiger partial charge in [-0.1, -0.05) is 26.7 Å². The van der Waals surface area contributed by atoms with Crippen molar-refractivity contribution in [1.82, 2.24) is 13.8 Å². The molecule has 1 fully saturated rings. The molecule has 2 heterocycles. The van der Waals surface area contributed by atoms with Crippen LogP contribution in [0.2, 0.25) is 0 Å². The van der Waals surface area contributed by atoms with Crippen LogP contribution < -0.4 is 5.56 Å². The Balaban J connectivity index is 2.24. The number of amides is 1. The van der Waals surface area contributed by atoms with Gasteiger partial charge >= 0.3 is 0 Å². The van der Waals surface area contributed by atoms with Gasteiger partial charge in [0.15, 0.2) is 0 Å². The third kappa shape index (κ3) is 4.70. The summed E-state index contributed by atoms with van der Waals surface area (Å²) in [7, 11) is -3.66. The Hall–Kier alpha value is -1.67. The molecule has 1 aliphatic rings. The summed E-state index contributed by atoms with van der Waals surface area (Å²) in [6.45, 7) is 5.51. The standard InChI is InChI=1S/C17H27N3O4S/c1-3-20(4-2)25(23,24)15-9-10-16(21)19(13-15)14-17(22)18-11-7-5-6-8-12-18/h9-10,13H,3-8,11-12,14H2,1-2H3. The average molecular weight is 369 g/mol. The van der Waals surface area contributed by atoms with Crippen LogP contribution in [0, 0.1) is 0 Å². The number of carbonyl (C=O) groups excluding carboxylic acids is 1. The first-order valence-corrected chi connectivity index (χ1v) is 10.3.